The fraction of sp³-hybridized carbons (Fsp3) is 0. The van der Waals surface area contributed by atoms with E-state index in [2.05, 4.69) is 4.98 Å². The van der Waals surface area contributed by atoms with Gasteiger partial charge in [-0.2, -0.15) is 0 Å². The van der Waals surface area contributed by atoms with Crippen molar-refractivity contribution in [2.45, 2.75) is 0 Å². The number of hydrogen-bond acceptors (Lipinski definition) is 7. The fourth-order valence-electron chi connectivity index (χ4n) is 1.93. The summed E-state index contributed by atoms with van der Waals surface area (Å²) in [6.45, 7) is 0. The second kappa shape index (κ2) is 7.05. The van der Waals surface area contributed by atoms with Gasteiger partial charge in [0.05, 0.1) is 10.5 Å². The van der Waals surface area contributed by atoms with Gasteiger partial charge in [-0.05, 0) is 24.3 Å². The smallest absolute Gasteiger partial charge is 0.343 e. The van der Waals surface area contributed by atoms with E-state index in [1.165, 1.54) is 23.5 Å². The Morgan fingerprint density at radius 2 is 2.08 bits per heavy atom. The summed E-state index contributed by atoms with van der Waals surface area (Å²) in [6, 6.07) is 8.64. The van der Waals surface area contributed by atoms with Gasteiger partial charge in [0.15, 0.2) is 0 Å². The Kier molecular flexibility index (Phi) is 4.66. The highest BCUT2D eigenvalue weighted by Crippen LogP contribution is 2.29. The maximum atomic E-state index is 13.3. The molecule has 0 atom stereocenters. The number of aromatic nitrogens is 1. The zero-order valence-electron chi connectivity index (χ0n) is 12.4. The molecule has 3 aromatic rings. The van der Waals surface area contributed by atoms with Gasteiger partial charge >= 0.3 is 11.7 Å². The lowest BCUT2D eigenvalue weighted by Crippen LogP contribution is -2.10. The molecule has 0 N–H and O–H groups in total. The number of benzene rings is 2. The van der Waals surface area contributed by atoms with Crippen molar-refractivity contribution < 1.29 is 23.6 Å². The highest BCUT2D eigenvalue weighted by Gasteiger charge is 2.20. The topological polar surface area (TPSA) is 91.6 Å². The van der Waals surface area contributed by atoms with Crippen LogP contribution in [0.15, 0.2) is 54.0 Å². The highest BCUT2D eigenvalue weighted by molar-refractivity contribution is 7.11. The zero-order chi connectivity index (χ0) is 17.8. The normalized spacial score (nSPS) is 10.3. The number of nitro groups is 1. The molecule has 7 nitrogen and oxygen atoms in total. The first-order valence-electron chi connectivity index (χ1n) is 6.86. The molecule has 0 unspecified atom stereocenters. The van der Waals surface area contributed by atoms with E-state index >= 15 is 0 Å². The lowest BCUT2D eigenvalue weighted by Gasteiger charge is -2.07. The van der Waals surface area contributed by atoms with Crippen LogP contribution in [0.2, 0.25) is 0 Å². The van der Waals surface area contributed by atoms with E-state index in [-0.39, 0.29) is 5.56 Å². The van der Waals surface area contributed by atoms with E-state index in [1.807, 2.05) is 0 Å². The molecule has 0 bridgehead atoms. The second-order valence-corrected chi connectivity index (χ2v) is 5.54. The molecular formula is C16H9FN2O5S. The lowest BCUT2D eigenvalue weighted by molar-refractivity contribution is -0.385. The number of thiazole rings is 1. The van der Waals surface area contributed by atoms with Gasteiger partial charge in [-0.25, -0.2) is 14.2 Å². The Hall–Kier alpha value is -3.33. The van der Waals surface area contributed by atoms with Crippen LogP contribution in [0, 0.1) is 15.9 Å². The third-order valence-electron chi connectivity index (χ3n) is 3.01. The number of carbonyl (C=O) groups excluding carboxylic acids is 1. The number of esters is 1. The van der Waals surface area contributed by atoms with E-state index in [1.54, 1.807) is 23.7 Å². The summed E-state index contributed by atoms with van der Waals surface area (Å²) < 4.78 is 23.7. The van der Waals surface area contributed by atoms with Crippen LogP contribution in [0.1, 0.15) is 10.4 Å². The van der Waals surface area contributed by atoms with Crippen molar-refractivity contribution in [3.8, 4) is 16.7 Å². The SMILES string of the molecule is O=C(Oc1cc(F)ccc1[N+](=O)[O-])c1cccc(Oc2nccs2)c1. The van der Waals surface area contributed by atoms with Gasteiger partial charge in [-0.15, -0.1) is 0 Å². The number of ether oxygens (including phenoxy) is 2. The van der Waals surface area contributed by atoms with Gasteiger partial charge in [0.1, 0.15) is 11.6 Å². The van der Waals surface area contributed by atoms with E-state index < -0.39 is 28.1 Å². The number of carbonyl (C=O) groups is 1. The standard InChI is InChI=1S/C16H9FN2O5S/c17-11-4-5-13(19(21)22)14(9-11)24-15(20)10-2-1-3-12(8-10)23-16-18-6-7-25-16/h1-9H. The lowest BCUT2D eigenvalue weighted by atomic mass is 10.2. The van der Waals surface area contributed by atoms with Crippen molar-refractivity contribution in [2.75, 3.05) is 0 Å². The van der Waals surface area contributed by atoms with Crippen molar-refractivity contribution >= 4 is 23.0 Å². The molecule has 1 aromatic heterocycles. The molecule has 0 aliphatic carbocycles. The maximum Gasteiger partial charge on any atom is 0.343 e. The largest absolute Gasteiger partial charge is 0.431 e. The molecule has 1 heterocycles. The summed E-state index contributed by atoms with van der Waals surface area (Å²) in [4.78, 5) is 26.4. The molecule has 9 heteroatoms. The summed E-state index contributed by atoms with van der Waals surface area (Å²) in [6.07, 6.45) is 1.57. The predicted octanol–water partition coefficient (Wildman–Crippen LogP) is 4.20. The molecule has 0 aliphatic rings. The fourth-order valence-corrected chi connectivity index (χ4v) is 2.43. The molecule has 0 aliphatic heterocycles. The van der Waals surface area contributed by atoms with Crippen LogP contribution in [0.3, 0.4) is 0 Å². The van der Waals surface area contributed by atoms with E-state index in [0.717, 1.165) is 18.2 Å². The first kappa shape index (κ1) is 16.5. The van der Waals surface area contributed by atoms with Crippen LogP contribution in [0.5, 0.6) is 16.7 Å². The van der Waals surface area contributed by atoms with Crippen LogP contribution in [0.25, 0.3) is 0 Å². The van der Waals surface area contributed by atoms with Crippen molar-refractivity contribution in [1.82, 2.24) is 4.98 Å². The number of hydrogen-bond donors (Lipinski definition) is 0. The van der Waals surface area contributed by atoms with Crippen LogP contribution in [-0.4, -0.2) is 15.9 Å². The van der Waals surface area contributed by atoms with Crippen LogP contribution in [0.4, 0.5) is 10.1 Å². The van der Waals surface area contributed by atoms with Crippen molar-refractivity contribution in [2.24, 2.45) is 0 Å². The summed E-state index contributed by atoms with van der Waals surface area (Å²) in [5, 5.41) is 13.1. The maximum absolute atomic E-state index is 13.3. The summed E-state index contributed by atoms with van der Waals surface area (Å²) >= 11 is 1.28. The minimum Gasteiger partial charge on any atom is -0.431 e. The second-order valence-electron chi connectivity index (χ2n) is 4.69. The molecule has 0 fully saturated rings. The minimum absolute atomic E-state index is 0.0904. The Balaban J connectivity index is 1.82. The number of halogens is 1. The molecule has 0 spiro atoms. The van der Waals surface area contributed by atoms with Gasteiger partial charge in [0, 0.05) is 23.7 Å². The van der Waals surface area contributed by atoms with E-state index in [9.17, 15) is 19.3 Å². The molecule has 2 aromatic carbocycles. The van der Waals surface area contributed by atoms with Crippen molar-refractivity contribution in [3.05, 3.63) is 75.5 Å². The molecule has 0 amide bonds. The van der Waals surface area contributed by atoms with E-state index in [0.29, 0.717) is 10.9 Å². The average Bonchev–Trinajstić information content (AvgIpc) is 3.08. The highest BCUT2D eigenvalue weighted by atomic mass is 32.1. The average molecular weight is 360 g/mol. The molecule has 3 rings (SSSR count). The number of nitro benzene ring substituents is 1. The Labute approximate surface area is 144 Å². The molecule has 0 saturated heterocycles. The monoisotopic (exact) mass is 360 g/mol. The van der Waals surface area contributed by atoms with Crippen molar-refractivity contribution in [3.63, 3.8) is 0 Å². The van der Waals surface area contributed by atoms with Gasteiger partial charge < -0.3 is 9.47 Å². The Bertz CT molecular complexity index is 930. The summed E-state index contributed by atoms with van der Waals surface area (Å²) in [5.41, 5.74) is -0.419. The minimum atomic E-state index is -0.877. The molecule has 25 heavy (non-hydrogen) atoms. The van der Waals surface area contributed by atoms with Gasteiger partial charge in [-0.1, -0.05) is 17.4 Å². The van der Waals surface area contributed by atoms with Gasteiger partial charge in [-0.3, -0.25) is 10.1 Å². The summed E-state index contributed by atoms with van der Waals surface area (Å²) in [7, 11) is 0. The van der Waals surface area contributed by atoms with Gasteiger partial charge in [0.2, 0.25) is 5.75 Å². The molecule has 126 valence electrons. The molecule has 0 radical (unpaired) electrons. The van der Waals surface area contributed by atoms with Crippen molar-refractivity contribution in [1.29, 1.82) is 0 Å². The Morgan fingerprint density at radius 3 is 2.80 bits per heavy atom. The first-order chi connectivity index (χ1) is 12.0. The van der Waals surface area contributed by atoms with E-state index in [4.69, 9.17) is 9.47 Å². The third kappa shape index (κ3) is 3.96. The van der Waals surface area contributed by atoms with Crippen LogP contribution >= 0.6 is 11.3 Å². The van der Waals surface area contributed by atoms with Crippen LogP contribution < -0.4 is 9.47 Å². The number of nitrogens with zero attached hydrogens (tertiary/aromatic N) is 2. The van der Waals surface area contributed by atoms with Gasteiger partial charge in [0.25, 0.3) is 5.19 Å². The Morgan fingerprint density at radius 1 is 1.24 bits per heavy atom. The number of rotatable bonds is 5. The predicted molar refractivity (Wildman–Crippen MR) is 86.6 cm³/mol. The first-order valence-corrected chi connectivity index (χ1v) is 7.74. The van der Waals surface area contributed by atoms with Crippen LogP contribution in [-0.2, 0) is 0 Å². The zero-order valence-corrected chi connectivity index (χ0v) is 13.2. The third-order valence-corrected chi connectivity index (χ3v) is 3.65. The quantitative estimate of drug-likeness (QED) is 0.293. The molecular weight excluding hydrogens is 351 g/mol. The summed E-state index contributed by atoms with van der Waals surface area (Å²) in [5.74, 6) is -1.76. The molecule has 0 saturated carbocycles.